The Morgan fingerprint density at radius 1 is 0.328 bits per heavy atom. The highest BCUT2D eigenvalue weighted by Crippen LogP contribution is 2.55. The average Bonchev–Trinajstić information content (AvgIpc) is 3.92. The molecule has 0 fully saturated rings. The molecule has 1 heterocycles. The predicted molar refractivity (Wildman–Crippen MR) is 253 cm³/mol. The van der Waals surface area contributed by atoms with Crippen LogP contribution in [-0.4, -0.2) is 14.8 Å². The highest BCUT2D eigenvalue weighted by Gasteiger charge is 2.38. The molecule has 0 bridgehead atoms. The number of aromatic nitrogens is 3. The second-order valence-corrected chi connectivity index (χ2v) is 17.8. The summed E-state index contributed by atoms with van der Waals surface area (Å²) in [5, 5.41) is 14.6. The molecule has 0 amide bonds. The minimum Gasteiger partial charge on any atom is -0.275 e. The van der Waals surface area contributed by atoms with Gasteiger partial charge in [-0.05, 0) is 119 Å². The molecule has 0 N–H and O–H groups in total. The summed E-state index contributed by atoms with van der Waals surface area (Å²) < 4.78 is 2.19. The van der Waals surface area contributed by atoms with Gasteiger partial charge in [0.25, 0.3) is 0 Å². The van der Waals surface area contributed by atoms with Crippen molar-refractivity contribution in [1.82, 2.24) is 14.8 Å². The molecule has 12 rings (SSSR count). The maximum Gasteiger partial charge on any atom is 0.168 e. The van der Waals surface area contributed by atoms with Crippen LogP contribution in [-0.2, 0) is 10.8 Å². The zero-order valence-electron chi connectivity index (χ0n) is 34.7. The lowest BCUT2D eigenvalue weighted by Crippen LogP contribution is -2.15. The maximum absolute atomic E-state index is 4.76. The number of nitrogens with zero attached hydrogens (tertiary/aromatic N) is 3. The van der Waals surface area contributed by atoms with Gasteiger partial charge in [-0.25, -0.2) is 0 Å². The van der Waals surface area contributed by atoms with Crippen LogP contribution in [0.15, 0.2) is 188 Å². The topological polar surface area (TPSA) is 30.7 Å². The molecule has 3 heteroatoms. The third-order valence-corrected chi connectivity index (χ3v) is 13.7. The van der Waals surface area contributed by atoms with Crippen molar-refractivity contribution >= 4 is 21.5 Å². The molecular formula is C58H43N3. The van der Waals surface area contributed by atoms with Crippen molar-refractivity contribution in [3.05, 3.63) is 210 Å². The molecule has 10 aromatic rings. The second kappa shape index (κ2) is 13.1. The van der Waals surface area contributed by atoms with E-state index in [0.717, 1.165) is 28.5 Å². The van der Waals surface area contributed by atoms with Crippen molar-refractivity contribution in [2.75, 3.05) is 0 Å². The fraction of sp³-hybridized carbons (Fsp3) is 0.103. The van der Waals surface area contributed by atoms with Gasteiger partial charge in [-0.15, -0.1) is 10.2 Å². The van der Waals surface area contributed by atoms with Crippen molar-refractivity contribution in [1.29, 1.82) is 0 Å². The Morgan fingerprint density at radius 2 is 0.770 bits per heavy atom. The molecule has 2 aliphatic rings. The smallest absolute Gasteiger partial charge is 0.168 e. The number of hydrogen-bond acceptors (Lipinski definition) is 2. The molecule has 0 spiro atoms. The van der Waals surface area contributed by atoms with Crippen LogP contribution in [0.4, 0.5) is 0 Å². The molecule has 2 aliphatic carbocycles. The first-order chi connectivity index (χ1) is 29.8. The average molecular weight is 782 g/mol. The molecule has 9 aromatic carbocycles. The van der Waals surface area contributed by atoms with E-state index in [0.29, 0.717) is 0 Å². The van der Waals surface area contributed by atoms with Crippen LogP contribution in [0, 0.1) is 0 Å². The van der Waals surface area contributed by atoms with Crippen molar-refractivity contribution in [2.45, 2.75) is 38.5 Å². The van der Waals surface area contributed by atoms with Gasteiger partial charge in [-0.2, -0.15) is 0 Å². The summed E-state index contributed by atoms with van der Waals surface area (Å²) in [5.74, 6) is 1.62. The molecule has 0 atom stereocenters. The molecule has 290 valence electrons. The Labute approximate surface area is 356 Å². The number of fused-ring (bicyclic) bond motifs is 8. The highest BCUT2D eigenvalue weighted by atomic mass is 15.3. The summed E-state index contributed by atoms with van der Waals surface area (Å²) in [5.41, 5.74) is 18.6. The first-order valence-electron chi connectivity index (χ1n) is 21.3. The lowest BCUT2D eigenvalue weighted by Gasteiger charge is -2.25. The number of hydrogen-bond donors (Lipinski definition) is 0. The Kier molecular flexibility index (Phi) is 7.62. The van der Waals surface area contributed by atoms with Gasteiger partial charge in [-0.1, -0.05) is 185 Å². The largest absolute Gasteiger partial charge is 0.275 e. The molecule has 1 aromatic heterocycles. The van der Waals surface area contributed by atoms with E-state index in [1.54, 1.807) is 0 Å². The Hall–Kier alpha value is -7.36. The Balaban J connectivity index is 1.11. The molecular weight excluding hydrogens is 739 g/mol. The van der Waals surface area contributed by atoms with E-state index < -0.39 is 0 Å². The standard InChI is InChI=1S/C58H43N3/c1-57(2)49-25-15-13-21-41(49)43-32-29-39(33-51(43)57)54-45-24-12-11-23-44(45)53(48-35-52-46(34-47(48)54)42-22-14-16-26-50(42)58(52,3)4)36-27-30-40(31-28-36)61-55(37-17-7-5-8-18-37)59-60-56(61)38-19-9-6-10-20-38/h5-35H,1-4H3. The number of rotatable bonds is 5. The van der Waals surface area contributed by atoms with Crippen LogP contribution in [0.25, 0.3) is 94.5 Å². The fourth-order valence-corrected chi connectivity index (χ4v) is 10.7. The van der Waals surface area contributed by atoms with Crippen molar-refractivity contribution in [2.24, 2.45) is 0 Å². The Bertz CT molecular complexity index is 3330. The highest BCUT2D eigenvalue weighted by molar-refractivity contribution is 6.22. The first kappa shape index (κ1) is 35.6. The fourth-order valence-electron chi connectivity index (χ4n) is 10.7. The van der Waals surface area contributed by atoms with Crippen LogP contribution in [0.2, 0.25) is 0 Å². The van der Waals surface area contributed by atoms with Crippen molar-refractivity contribution in [3.8, 4) is 73.0 Å². The molecule has 0 aliphatic heterocycles. The van der Waals surface area contributed by atoms with Gasteiger partial charge >= 0.3 is 0 Å². The predicted octanol–water partition coefficient (Wildman–Crippen LogP) is 14.9. The van der Waals surface area contributed by atoms with Crippen LogP contribution >= 0.6 is 0 Å². The van der Waals surface area contributed by atoms with E-state index in [2.05, 4.69) is 208 Å². The SMILES string of the molecule is CC1(C)c2ccccc2-c2ccc(-c3c4ccccc4c(-c4ccc(-n5c(-c6ccccc6)nnc5-c5ccccc5)cc4)c4cc5c(cc34)-c3ccccc3C5(C)C)cc21. The Morgan fingerprint density at radius 3 is 1.36 bits per heavy atom. The third kappa shape index (κ3) is 5.17. The van der Waals surface area contributed by atoms with Crippen LogP contribution < -0.4 is 0 Å². The van der Waals surface area contributed by atoms with Gasteiger partial charge < -0.3 is 0 Å². The van der Waals surface area contributed by atoms with Crippen molar-refractivity contribution in [3.63, 3.8) is 0 Å². The minimum atomic E-state index is -0.146. The monoisotopic (exact) mass is 781 g/mol. The van der Waals surface area contributed by atoms with E-state index in [-0.39, 0.29) is 10.8 Å². The van der Waals surface area contributed by atoms with Gasteiger partial charge in [0, 0.05) is 27.6 Å². The molecule has 0 unspecified atom stereocenters. The maximum atomic E-state index is 4.76. The molecule has 0 saturated heterocycles. The molecule has 3 nitrogen and oxygen atoms in total. The first-order valence-corrected chi connectivity index (χ1v) is 21.3. The second-order valence-electron chi connectivity index (χ2n) is 17.8. The third-order valence-electron chi connectivity index (χ3n) is 13.7. The van der Waals surface area contributed by atoms with Gasteiger partial charge in [0.2, 0.25) is 0 Å². The minimum absolute atomic E-state index is 0.106. The van der Waals surface area contributed by atoms with Gasteiger partial charge in [0.1, 0.15) is 0 Å². The lowest BCUT2D eigenvalue weighted by molar-refractivity contribution is 0.660. The van der Waals surface area contributed by atoms with E-state index in [1.165, 1.54) is 88.3 Å². The number of benzene rings is 9. The molecule has 0 saturated carbocycles. The van der Waals surface area contributed by atoms with Crippen LogP contribution in [0.1, 0.15) is 49.9 Å². The summed E-state index contributed by atoms with van der Waals surface area (Å²) in [6, 6.07) is 69.0. The summed E-state index contributed by atoms with van der Waals surface area (Å²) in [6.07, 6.45) is 0. The van der Waals surface area contributed by atoms with Crippen LogP contribution in [0.3, 0.4) is 0 Å². The van der Waals surface area contributed by atoms with Gasteiger partial charge in [-0.3, -0.25) is 4.57 Å². The normalized spacial score (nSPS) is 14.2. The summed E-state index contributed by atoms with van der Waals surface area (Å²) in [7, 11) is 0. The summed E-state index contributed by atoms with van der Waals surface area (Å²) in [4.78, 5) is 0. The lowest BCUT2D eigenvalue weighted by atomic mass is 9.78. The van der Waals surface area contributed by atoms with Crippen LogP contribution in [0.5, 0.6) is 0 Å². The van der Waals surface area contributed by atoms with Gasteiger partial charge in [0.05, 0.1) is 0 Å². The molecule has 61 heavy (non-hydrogen) atoms. The zero-order valence-corrected chi connectivity index (χ0v) is 34.7. The quantitative estimate of drug-likeness (QED) is 0.163. The van der Waals surface area contributed by atoms with Crippen molar-refractivity contribution < 1.29 is 0 Å². The molecule has 0 radical (unpaired) electrons. The van der Waals surface area contributed by atoms with E-state index in [4.69, 9.17) is 10.2 Å². The van der Waals surface area contributed by atoms with Gasteiger partial charge in [0.15, 0.2) is 11.6 Å². The zero-order chi connectivity index (χ0) is 41.0. The summed E-state index contributed by atoms with van der Waals surface area (Å²) in [6.45, 7) is 9.52. The van der Waals surface area contributed by atoms with E-state index in [9.17, 15) is 0 Å². The van der Waals surface area contributed by atoms with E-state index in [1.807, 2.05) is 12.1 Å². The van der Waals surface area contributed by atoms with E-state index >= 15 is 0 Å². The summed E-state index contributed by atoms with van der Waals surface area (Å²) >= 11 is 0.